The van der Waals surface area contributed by atoms with Gasteiger partial charge in [0.05, 0.1) is 0 Å². The molecule has 0 radical (unpaired) electrons. The Morgan fingerprint density at radius 2 is 1.82 bits per heavy atom. The Hall–Kier alpha value is -0.610. The number of nitrogens with one attached hydrogen (secondary N) is 1. The summed E-state index contributed by atoms with van der Waals surface area (Å²) in [6.07, 6.45) is 8.77. The third-order valence-electron chi connectivity index (χ3n) is 2.92. The molecule has 102 valence electrons. The second-order valence-corrected chi connectivity index (χ2v) is 4.54. The molecular formula is C13H28N2O2. The number of carbonyl (C=O) groups is 1. The first kappa shape index (κ1) is 16.4. The van der Waals surface area contributed by atoms with Crippen molar-refractivity contribution in [1.29, 1.82) is 0 Å². The van der Waals surface area contributed by atoms with Crippen LogP contribution in [0.3, 0.4) is 0 Å². The van der Waals surface area contributed by atoms with E-state index in [1.54, 1.807) is 0 Å². The van der Waals surface area contributed by atoms with Gasteiger partial charge in [-0.05, 0) is 32.4 Å². The molecule has 0 spiro atoms. The third kappa shape index (κ3) is 10.3. The number of hydrogen-bond acceptors (Lipinski definition) is 3. The normalized spacial score (nSPS) is 12.6. The van der Waals surface area contributed by atoms with Gasteiger partial charge in [-0.25, -0.2) is 0 Å². The van der Waals surface area contributed by atoms with Crippen molar-refractivity contribution in [1.82, 2.24) is 5.32 Å². The van der Waals surface area contributed by atoms with Gasteiger partial charge in [-0.15, -0.1) is 0 Å². The quantitative estimate of drug-likeness (QED) is 0.460. The summed E-state index contributed by atoms with van der Waals surface area (Å²) in [6, 6.07) is -0.422. The van der Waals surface area contributed by atoms with Crippen LogP contribution in [0.4, 0.5) is 0 Å². The van der Waals surface area contributed by atoms with E-state index in [1.165, 1.54) is 32.1 Å². The van der Waals surface area contributed by atoms with Crippen LogP contribution in [0.15, 0.2) is 0 Å². The Kier molecular flexibility index (Phi) is 11.4. The highest BCUT2D eigenvalue weighted by Crippen LogP contribution is 2.04. The van der Waals surface area contributed by atoms with Crippen molar-refractivity contribution in [3.63, 3.8) is 0 Å². The lowest BCUT2D eigenvalue weighted by Gasteiger charge is -2.13. The molecule has 1 atom stereocenters. The number of unbranched alkanes of at least 4 members (excludes halogenated alkanes) is 5. The fraction of sp³-hybridized carbons (Fsp3) is 0.923. The van der Waals surface area contributed by atoms with Gasteiger partial charge in [-0.1, -0.05) is 39.0 Å². The van der Waals surface area contributed by atoms with E-state index in [1.807, 2.05) is 0 Å². The van der Waals surface area contributed by atoms with E-state index in [4.69, 9.17) is 10.8 Å². The third-order valence-corrected chi connectivity index (χ3v) is 2.92. The van der Waals surface area contributed by atoms with Crippen LogP contribution >= 0.6 is 0 Å². The van der Waals surface area contributed by atoms with Crippen LogP contribution in [0.5, 0.6) is 0 Å². The lowest BCUT2D eigenvalue weighted by Crippen LogP contribution is -2.37. The summed E-state index contributed by atoms with van der Waals surface area (Å²) in [5.41, 5.74) is 5.38. The minimum Gasteiger partial charge on any atom is -0.480 e. The van der Waals surface area contributed by atoms with Gasteiger partial charge in [0.25, 0.3) is 0 Å². The van der Waals surface area contributed by atoms with Gasteiger partial charge in [0, 0.05) is 0 Å². The van der Waals surface area contributed by atoms with Crippen LogP contribution in [0.2, 0.25) is 0 Å². The predicted molar refractivity (Wildman–Crippen MR) is 71.1 cm³/mol. The minimum absolute atomic E-state index is 0.422. The monoisotopic (exact) mass is 244 g/mol. The van der Waals surface area contributed by atoms with Gasteiger partial charge in [-0.3, -0.25) is 4.79 Å². The van der Waals surface area contributed by atoms with E-state index in [2.05, 4.69) is 12.2 Å². The maximum absolute atomic E-state index is 10.9. The Balaban J connectivity index is 3.44. The molecular weight excluding hydrogens is 216 g/mol. The lowest BCUT2D eigenvalue weighted by atomic mass is 10.1. The van der Waals surface area contributed by atoms with Gasteiger partial charge < -0.3 is 16.2 Å². The van der Waals surface area contributed by atoms with Crippen LogP contribution in [0.1, 0.15) is 58.3 Å². The Morgan fingerprint density at radius 1 is 1.18 bits per heavy atom. The van der Waals surface area contributed by atoms with Gasteiger partial charge in [0.15, 0.2) is 0 Å². The van der Waals surface area contributed by atoms with Gasteiger partial charge in [-0.2, -0.15) is 0 Å². The van der Waals surface area contributed by atoms with Crippen molar-refractivity contribution in [3.8, 4) is 0 Å². The zero-order valence-electron chi connectivity index (χ0n) is 11.1. The number of carboxylic acids is 1. The highest BCUT2D eigenvalue weighted by Gasteiger charge is 2.14. The smallest absolute Gasteiger partial charge is 0.320 e. The minimum atomic E-state index is -0.760. The molecule has 1 unspecified atom stereocenters. The summed E-state index contributed by atoms with van der Waals surface area (Å²) in [7, 11) is 0. The molecule has 0 aliphatic heterocycles. The average molecular weight is 244 g/mol. The molecule has 0 aromatic heterocycles. The summed E-state index contributed by atoms with van der Waals surface area (Å²) in [5.74, 6) is -0.760. The van der Waals surface area contributed by atoms with Crippen LogP contribution in [-0.4, -0.2) is 30.2 Å². The fourth-order valence-electron chi connectivity index (χ4n) is 1.82. The van der Waals surface area contributed by atoms with Crippen LogP contribution in [0, 0.1) is 0 Å². The van der Waals surface area contributed by atoms with E-state index >= 15 is 0 Å². The first-order chi connectivity index (χ1) is 8.22. The van der Waals surface area contributed by atoms with Crippen molar-refractivity contribution >= 4 is 5.97 Å². The van der Waals surface area contributed by atoms with Gasteiger partial charge in [0.2, 0.25) is 0 Å². The van der Waals surface area contributed by atoms with Crippen molar-refractivity contribution in [3.05, 3.63) is 0 Å². The molecule has 0 aromatic carbocycles. The summed E-state index contributed by atoms with van der Waals surface area (Å²) in [4.78, 5) is 10.9. The first-order valence-corrected chi connectivity index (χ1v) is 6.88. The van der Waals surface area contributed by atoms with Crippen LogP contribution in [0.25, 0.3) is 0 Å². The van der Waals surface area contributed by atoms with Gasteiger partial charge >= 0.3 is 5.97 Å². The predicted octanol–water partition coefficient (Wildman–Crippen LogP) is 2.13. The number of nitrogens with two attached hydrogens (primary N) is 1. The summed E-state index contributed by atoms with van der Waals surface area (Å²) in [6.45, 7) is 3.56. The Labute approximate surface area is 105 Å². The number of rotatable bonds is 12. The lowest BCUT2D eigenvalue weighted by molar-refractivity contribution is -0.139. The standard InChI is InChI=1S/C13H28N2O2/c1-2-3-4-5-6-7-11-15-12(13(16)17)9-8-10-14/h12,15H,2-11,14H2,1H3,(H,16,17). The highest BCUT2D eigenvalue weighted by atomic mass is 16.4. The zero-order valence-corrected chi connectivity index (χ0v) is 11.1. The molecule has 0 rings (SSSR count). The molecule has 4 N–H and O–H groups in total. The van der Waals surface area contributed by atoms with E-state index in [0.29, 0.717) is 13.0 Å². The molecule has 0 aromatic rings. The summed E-state index contributed by atoms with van der Waals surface area (Å²) >= 11 is 0. The largest absolute Gasteiger partial charge is 0.480 e. The van der Waals surface area contributed by atoms with E-state index < -0.39 is 12.0 Å². The Morgan fingerprint density at radius 3 is 2.41 bits per heavy atom. The number of carboxylic acid groups (broad SMARTS) is 1. The molecule has 0 aliphatic rings. The van der Waals surface area contributed by atoms with E-state index in [-0.39, 0.29) is 0 Å². The molecule has 0 fully saturated rings. The maximum atomic E-state index is 10.9. The molecule has 0 aliphatic carbocycles. The molecule has 4 nitrogen and oxygen atoms in total. The topological polar surface area (TPSA) is 75.3 Å². The van der Waals surface area contributed by atoms with E-state index in [9.17, 15) is 4.79 Å². The summed E-state index contributed by atoms with van der Waals surface area (Å²) < 4.78 is 0. The average Bonchev–Trinajstić information content (AvgIpc) is 2.31. The number of aliphatic carboxylic acids is 1. The first-order valence-electron chi connectivity index (χ1n) is 6.88. The molecule has 0 bridgehead atoms. The van der Waals surface area contributed by atoms with Crippen LogP contribution < -0.4 is 11.1 Å². The zero-order chi connectivity index (χ0) is 12.9. The van der Waals surface area contributed by atoms with Crippen LogP contribution in [-0.2, 0) is 4.79 Å². The second-order valence-electron chi connectivity index (χ2n) is 4.54. The molecule has 0 saturated carbocycles. The van der Waals surface area contributed by atoms with Crippen molar-refractivity contribution in [2.75, 3.05) is 13.1 Å². The van der Waals surface area contributed by atoms with E-state index in [0.717, 1.165) is 19.4 Å². The molecule has 0 heterocycles. The SMILES string of the molecule is CCCCCCCCNC(CCCN)C(=O)O. The fourth-order valence-corrected chi connectivity index (χ4v) is 1.82. The van der Waals surface area contributed by atoms with Crippen molar-refractivity contribution < 1.29 is 9.90 Å². The van der Waals surface area contributed by atoms with Gasteiger partial charge in [0.1, 0.15) is 6.04 Å². The van der Waals surface area contributed by atoms with Crippen molar-refractivity contribution in [2.24, 2.45) is 5.73 Å². The molecule has 4 heteroatoms. The molecule has 0 saturated heterocycles. The number of hydrogen-bond donors (Lipinski definition) is 3. The maximum Gasteiger partial charge on any atom is 0.320 e. The highest BCUT2D eigenvalue weighted by molar-refractivity contribution is 5.73. The molecule has 0 amide bonds. The summed E-state index contributed by atoms with van der Waals surface area (Å²) in [5, 5.41) is 12.1. The Bertz CT molecular complexity index is 186. The second kappa shape index (κ2) is 11.9. The van der Waals surface area contributed by atoms with Crippen molar-refractivity contribution in [2.45, 2.75) is 64.3 Å². The molecule has 17 heavy (non-hydrogen) atoms.